The Morgan fingerprint density at radius 1 is 0.938 bits per heavy atom. The number of para-hydroxylation sites is 1. The van der Waals surface area contributed by atoms with Gasteiger partial charge in [0, 0.05) is 10.9 Å². The Balaban J connectivity index is 2.08. The van der Waals surface area contributed by atoms with Crippen molar-refractivity contribution in [2.24, 2.45) is 0 Å². The van der Waals surface area contributed by atoms with Crippen LogP contribution in [0.4, 0.5) is 0 Å². The van der Waals surface area contributed by atoms with Gasteiger partial charge in [0.1, 0.15) is 12.4 Å². The molecule has 2 aromatic carbocycles. The first kappa shape index (κ1) is 9.91. The molecule has 0 fully saturated rings. The third kappa shape index (κ3) is 1.74. The second kappa shape index (κ2) is 3.95. The van der Waals surface area contributed by atoms with Crippen molar-refractivity contribution in [3.63, 3.8) is 0 Å². The smallest absolute Gasteiger partial charge is 0.123 e. The molecule has 2 heteroatoms. The van der Waals surface area contributed by atoms with E-state index in [2.05, 4.69) is 46.3 Å². The number of halogens is 1. The molecule has 1 heterocycles. The summed E-state index contributed by atoms with van der Waals surface area (Å²) >= 11 is 3.50. The molecule has 0 bridgehead atoms. The predicted octanol–water partition coefficient (Wildman–Crippen LogP) is 3.93. The molecule has 0 spiro atoms. The summed E-state index contributed by atoms with van der Waals surface area (Å²) in [6, 6.07) is 14.7. The number of rotatable bonds is 0. The quantitative estimate of drug-likeness (QED) is 0.707. The fourth-order valence-corrected chi connectivity index (χ4v) is 2.46. The Morgan fingerprint density at radius 3 is 2.75 bits per heavy atom. The molecule has 0 aromatic heterocycles. The number of benzene rings is 2. The standard InChI is InChI=1S/C14H11BrO/c15-13-6-5-10-7-11-3-1-2-4-14(11)16-9-12(10)8-13/h1-6,8H,7,9H2. The third-order valence-electron chi connectivity index (χ3n) is 2.90. The van der Waals surface area contributed by atoms with Gasteiger partial charge in [0.15, 0.2) is 0 Å². The van der Waals surface area contributed by atoms with Crippen LogP contribution in [0, 0.1) is 0 Å². The van der Waals surface area contributed by atoms with Crippen molar-refractivity contribution in [3.8, 4) is 5.75 Å². The van der Waals surface area contributed by atoms with Gasteiger partial charge in [0.25, 0.3) is 0 Å². The van der Waals surface area contributed by atoms with E-state index >= 15 is 0 Å². The average molecular weight is 275 g/mol. The van der Waals surface area contributed by atoms with Crippen LogP contribution < -0.4 is 4.74 Å². The molecular formula is C14H11BrO. The summed E-state index contributed by atoms with van der Waals surface area (Å²) in [6.07, 6.45) is 0.957. The molecule has 80 valence electrons. The van der Waals surface area contributed by atoms with Crippen molar-refractivity contribution in [3.05, 3.63) is 63.6 Å². The first-order chi connectivity index (χ1) is 7.83. The van der Waals surface area contributed by atoms with Crippen molar-refractivity contribution in [1.82, 2.24) is 0 Å². The number of fused-ring (bicyclic) bond motifs is 2. The monoisotopic (exact) mass is 274 g/mol. The molecule has 0 N–H and O–H groups in total. The third-order valence-corrected chi connectivity index (χ3v) is 3.40. The highest BCUT2D eigenvalue weighted by Crippen LogP contribution is 2.29. The lowest BCUT2D eigenvalue weighted by Crippen LogP contribution is -1.95. The lowest BCUT2D eigenvalue weighted by molar-refractivity contribution is 0.307. The molecular weight excluding hydrogens is 264 g/mol. The molecule has 0 amide bonds. The maximum absolute atomic E-state index is 5.81. The summed E-state index contributed by atoms with van der Waals surface area (Å²) in [5.41, 5.74) is 3.89. The second-order valence-corrected chi connectivity index (χ2v) is 4.90. The lowest BCUT2D eigenvalue weighted by atomic mass is 10.0. The highest BCUT2D eigenvalue weighted by atomic mass is 79.9. The van der Waals surface area contributed by atoms with Crippen molar-refractivity contribution in [2.75, 3.05) is 0 Å². The number of hydrogen-bond donors (Lipinski definition) is 0. The Bertz CT molecular complexity index is 534. The summed E-state index contributed by atoms with van der Waals surface area (Å²) < 4.78 is 6.92. The van der Waals surface area contributed by atoms with Crippen molar-refractivity contribution in [2.45, 2.75) is 13.0 Å². The van der Waals surface area contributed by atoms with Crippen molar-refractivity contribution in [1.29, 1.82) is 0 Å². The molecule has 2 aromatic rings. The van der Waals surface area contributed by atoms with E-state index < -0.39 is 0 Å². The second-order valence-electron chi connectivity index (χ2n) is 3.99. The summed E-state index contributed by atoms with van der Waals surface area (Å²) in [5.74, 6) is 1.01. The van der Waals surface area contributed by atoms with Gasteiger partial charge in [0.2, 0.25) is 0 Å². The maximum atomic E-state index is 5.81. The van der Waals surface area contributed by atoms with E-state index in [1.807, 2.05) is 12.1 Å². The van der Waals surface area contributed by atoms with Crippen LogP contribution in [0.1, 0.15) is 16.7 Å². The van der Waals surface area contributed by atoms with Crippen molar-refractivity contribution < 1.29 is 4.74 Å². The highest BCUT2D eigenvalue weighted by molar-refractivity contribution is 9.10. The molecule has 1 aliphatic rings. The fraction of sp³-hybridized carbons (Fsp3) is 0.143. The molecule has 0 saturated heterocycles. The SMILES string of the molecule is Brc1ccc2c(c1)COc1ccccc1C2. The first-order valence-corrected chi connectivity index (χ1v) is 6.10. The summed E-state index contributed by atoms with van der Waals surface area (Å²) in [5, 5.41) is 0. The number of ether oxygens (including phenoxy) is 1. The van der Waals surface area contributed by atoms with Crippen LogP contribution in [0.3, 0.4) is 0 Å². The van der Waals surface area contributed by atoms with Crippen molar-refractivity contribution >= 4 is 15.9 Å². The molecule has 0 atom stereocenters. The predicted molar refractivity (Wildman–Crippen MR) is 67.7 cm³/mol. The molecule has 3 rings (SSSR count). The molecule has 0 saturated carbocycles. The van der Waals surface area contributed by atoms with Crippen LogP contribution in [0.2, 0.25) is 0 Å². The fourth-order valence-electron chi connectivity index (χ4n) is 2.05. The zero-order valence-electron chi connectivity index (χ0n) is 8.74. The summed E-state index contributed by atoms with van der Waals surface area (Å²) in [6.45, 7) is 0.659. The largest absolute Gasteiger partial charge is 0.489 e. The molecule has 0 radical (unpaired) electrons. The van der Waals surface area contributed by atoms with Gasteiger partial charge in [-0.25, -0.2) is 0 Å². The minimum atomic E-state index is 0.659. The molecule has 0 aliphatic carbocycles. The van der Waals surface area contributed by atoms with Gasteiger partial charge >= 0.3 is 0 Å². The zero-order chi connectivity index (χ0) is 11.0. The van der Waals surface area contributed by atoms with Gasteiger partial charge in [-0.05, 0) is 34.9 Å². The topological polar surface area (TPSA) is 9.23 Å². The van der Waals surface area contributed by atoms with Gasteiger partial charge < -0.3 is 4.74 Å². The Hall–Kier alpha value is -1.28. The van der Waals surface area contributed by atoms with Crippen LogP contribution >= 0.6 is 15.9 Å². The summed E-state index contributed by atoms with van der Waals surface area (Å²) in [7, 11) is 0. The average Bonchev–Trinajstić information content (AvgIpc) is 2.48. The molecule has 0 unspecified atom stereocenters. The van der Waals surface area contributed by atoms with E-state index in [0.29, 0.717) is 6.61 Å². The zero-order valence-corrected chi connectivity index (χ0v) is 10.3. The van der Waals surface area contributed by atoms with Crippen LogP contribution in [0.15, 0.2) is 46.9 Å². The maximum Gasteiger partial charge on any atom is 0.123 e. The normalized spacial score (nSPS) is 13.3. The van der Waals surface area contributed by atoms with E-state index in [0.717, 1.165) is 16.6 Å². The van der Waals surface area contributed by atoms with E-state index in [4.69, 9.17) is 4.74 Å². The van der Waals surface area contributed by atoms with Gasteiger partial charge in [0.05, 0.1) is 0 Å². The Morgan fingerprint density at radius 2 is 1.81 bits per heavy atom. The Labute approximate surface area is 103 Å². The van der Waals surface area contributed by atoms with E-state index in [-0.39, 0.29) is 0 Å². The minimum absolute atomic E-state index is 0.659. The molecule has 1 aliphatic heterocycles. The van der Waals surface area contributed by atoms with Gasteiger partial charge in [-0.3, -0.25) is 0 Å². The lowest BCUT2D eigenvalue weighted by Gasteiger charge is -2.05. The first-order valence-electron chi connectivity index (χ1n) is 5.31. The summed E-state index contributed by atoms with van der Waals surface area (Å²) in [4.78, 5) is 0. The van der Waals surface area contributed by atoms with E-state index in [1.54, 1.807) is 0 Å². The minimum Gasteiger partial charge on any atom is -0.489 e. The number of hydrogen-bond acceptors (Lipinski definition) is 1. The molecule has 1 nitrogen and oxygen atoms in total. The van der Waals surface area contributed by atoms with E-state index in [1.165, 1.54) is 16.7 Å². The highest BCUT2D eigenvalue weighted by Gasteiger charge is 2.13. The van der Waals surface area contributed by atoms with Gasteiger partial charge in [-0.15, -0.1) is 0 Å². The van der Waals surface area contributed by atoms with Gasteiger partial charge in [-0.2, -0.15) is 0 Å². The van der Waals surface area contributed by atoms with Crippen LogP contribution in [0.5, 0.6) is 5.75 Å². The molecule has 16 heavy (non-hydrogen) atoms. The van der Waals surface area contributed by atoms with Gasteiger partial charge in [-0.1, -0.05) is 40.2 Å². The Kier molecular flexibility index (Phi) is 2.44. The van der Waals surface area contributed by atoms with E-state index in [9.17, 15) is 0 Å². The van der Waals surface area contributed by atoms with Crippen LogP contribution in [0.25, 0.3) is 0 Å². The van der Waals surface area contributed by atoms with Crippen LogP contribution in [-0.4, -0.2) is 0 Å². The van der Waals surface area contributed by atoms with Crippen LogP contribution in [-0.2, 0) is 13.0 Å².